The van der Waals surface area contributed by atoms with Crippen LogP contribution in [0.1, 0.15) is 67.5 Å². The average molecular weight is 575 g/mol. The zero-order valence-corrected chi connectivity index (χ0v) is 25.9. The number of benzene rings is 5. The highest BCUT2D eigenvalue weighted by atomic mass is 32.1. The maximum atomic E-state index is 5.34. The molecule has 2 aromatic heterocycles. The van der Waals surface area contributed by atoms with Gasteiger partial charge < -0.3 is 0 Å². The van der Waals surface area contributed by atoms with Crippen LogP contribution in [-0.4, -0.2) is 9.97 Å². The van der Waals surface area contributed by atoms with Crippen molar-refractivity contribution in [2.24, 2.45) is 0 Å². The summed E-state index contributed by atoms with van der Waals surface area (Å²) in [5.74, 6) is 0.920. The first-order chi connectivity index (χ1) is 21.0. The lowest BCUT2D eigenvalue weighted by atomic mass is 9.92. The molecule has 0 unspecified atom stereocenters. The third-order valence-corrected chi connectivity index (χ3v) is 10.4. The summed E-state index contributed by atoms with van der Waals surface area (Å²) in [6.45, 7) is 9.04. The number of aromatic nitrogens is 2. The molecule has 0 atom stereocenters. The van der Waals surface area contributed by atoms with Crippen molar-refractivity contribution in [2.45, 2.75) is 52.4 Å². The Kier molecular flexibility index (Phi) is 6.20. The molecule has 8 rings (SSSR count). The van der Waals surface area contributed by atoms with Gasteiger partial charge in [-0.1, -0.05) is 107 Å². The van der Waals surface area contributed by atoms with E-state index in [-0.39, 0.29) is 0 Å². The van der Waals surface area contributed by atoms with E-state index in [1.54, 1.807) is 0 Å². The lowest BCUT2D eigenvalue weighted by Gasteiger charge is -2.15. The van der Waals surface area contributed by atoms with Crippen molar-refractivity contribution < 1.29 is 0 Å². The Morgan fingerprint density at radius 1 is 0.674 bits per heavy atom. The number of aryl methyl sites for hydroxylation is 1. The highest BCUT2D eigenvalue weighted by Gasteiger charge is 2.18. The number of thiophene rings is 1. The van der Waals surface area contributed by atoms with E-state index in [0.717, 1.165) is 35.1 Å². The van der Waals surface area contributed by atoms with Crippen LogP contribution in [-0.2, 0) is 6.42 Å². The summed E-state index contributed by atoms with van der Waals surface area (Å²) in [5.41, 5.74) is 10.6. The maximum Gasteiger partial charge on any atom is 0.0979 e. The Morgan fingerprint density at radius 2 is 1.37 bits per heavy atom. The summed E-state index contributed by atoms with van der Waals surface area (Å²) < 4.78 is 1.37. The van der Waals surface area contributed by atoms with Crippen molar-refractivity contribution in [3.8, 4) is 22.4 Å². The summed E-state index contributed by atoms with van der Waals surface area (Å²) in [6.07, 6.45) is 8.82. The van der Waals surface area contributed by atoms with E-state index in [0.29, 0.717) is 11.8 Å². The molecule has 0 aliphatic heterocycles. The van der Waals surface area contributed by atoms with Crippen LogP contribution in [0.5, 0.6) is 0 Å². The van der Waals surface area contributed by atoms with Crippen molar-refractivity contribution in [3.05, 3.63) is 113 Å². The van der Waals surface area contributed by atoms with Crippen LogP contribution >= 0.6 is 11.3 Å². The molecule has 0 amide bonds. The summed E-state index contributed by atoms with van der Waals surface area (Å²) >= 11 is 1.92. The van der Waals surface area contributed by atoms with Crippen molar-refractivity contribution >= 4 is 60.1 Å². The third-order valence-electron chi connectivity index (χ3n) is 9.14. The van der Waals surface area contributed by atoms with Crippen molar-refractivity contribution in [1.82, 2.24) is 9.97 Å². The summed E-state index contributed by atoms with van der Waals surface area (Å²) in [4.78, 5) is 11.8. The minimum atomic E-state index is 0.456. The molecule has 0 spiro atoms. The monoisotopic (exact) mass is 574 g/mol. The minimum absolute atomic E-state index is 0.456. The highest BCUT2D eigenvalue weighted by molar-refractivity contribution is 7.20. The molecule has 7 aromatic rings. The van der Waals surface area contributed by atoms with E-state index in [4.69, 9.17) is 9.97 Å². The number of hydrogen-bond donors (Lipinski definition) is 0. The molecule has 5 aromatic carbocycles. The fraction of sp³-hybridized carbons (Fsp3) is 0.200. The van der Waals surface area contributed by atoms with Crippen molar-refractivity contribution in [3.63, 3.8) is 0 Å². The minimum Gasteiger partial charge on any atom is -0.252 e. The van der Waals surface area contributed by atoms with Gasteiger partial charge in [-0.25, -0.2) is 4.98 Å². The zero-order chi connectivity index (χ0) is 29.2. The van der Waals surface area contributed by atoms with Gasteiger partial charge in [0.05, 0.1) is 22.9 Å². The van der Waals surface area contributed by atoms with Crippen LogP contribution in [0.15, 0.2) is 91.1 Å². The van der Waals surface area contributed by atoms with E-state index < -0.39 is 0 Å². The molecular weight excluding hydrogens is 541 g/mol. The largest absolute Gasteiger partial charge is 0.252 e. The van der Waals surface area contributed by atoms with Gasteiger partial charge in [0, 0.05) is 25.9 Å². The van der Waals surface area contributed by atoms with Gasteiger partial charge in [-0.05, 0) is 80.8 Å². The number of hydrogen-bond acceptors (Lipinski definition) is 3. The van der Waals surface area contributed by atoms with Crippen LogP contribution in [0.3, 0.4) is 0 Å². The van der Waals surface area contributed by atoms with Gasteiger partial charge in [-0.15, -0.1) is 11.3 Å². The SMILES string of the molecule is CC(C)c1ccc2c(c1)c1cc(C(C)C)ccc1c1nc(-c3cccc(-c4cccc5c6c(sc45)C=CCC6)c3)cnc21. The highest BCUT2D eigenvalue weighted by Crippen LogP contribution is 2.42. The second kappa shape index (κ2) is 10.1. The molecule has 0 N–H and O–H groups in total. The Bertz CT molecular complexity index is 2250. The van der Waals surface area contributed by atoms with Gasteiger partial charge in [0.1, 0.15) is 0 Å². The van der Waals surface area contributed by atoms with Gasteiger partial charge in [0.25, 0.3) is 0 Å². The molecular formula is C40H34N2S. The molecule has 0 bridgehead atoms. The first kappa shape index (κ1) is 26.3. The van der Waals surface area contributed by atoms with E-state index in [1.165, 1.54) is 64.3 Å². The summed E-state index contributed by atoms with van der Waals surface area (Å²) in [7, 11) is 0. The van der Waals surface area contributed by atoms with Crippen LogP contribution < -0.4 is 0 Å². The number of allylic oxidation sites excluding steroid dienone is 1. The Hall–Kier alpha value is -4.34. The Balaban J connectivity index is 1.32. The number of nitrogens with zero attached hydrogens (tertiary/aromatic N) is 2. The molecule has 0 saturated carbocycles. The number of rotatable bonds is 4. The molecule has 1 aliphatic rings. The standard InChI is InChI=1S/C40H34N2S/c1-23(2)25-15-17-31-34(20-25)35-21-26(24(3)4)16-18-32(35)39-38(31)41-22-36(42-39)28-10-7-9-27(19-28)29-12-8-13-33-30-11-5-6-14-37(30)43-40(29)33/h6-10,12-24H,5,11H2,1-4H3. The van der Waals surface area contributed by atoms with Crippen LogP contribution in [0, 0.1) is 0 Å². The Labute approximate surface area is 256 Å². The molecule has 2 nitrogen and oxygen atoms in total. The normalized spacial score (nSPS) is 13.3. The Morgan fingerprint density at radius 3 is 2.12 bits per heavy atom. The lowest BCUT2D eigenvalue weighted by Crippen LogP contribution is -1.95. The molecule has 2 heterocycles. The van der Waals surface area contributed by atoms with Crippen molar-refractivity contribution in [2.75, 3.05) is 0 Å². The summed E-state index contributed by atoms with van der Waals surface area (Å²) in [5, 5.41) is 6.27. The van der Waals surface area contributed by atoms with E-state index in [2.05, 4.69) is 119 Å². The molecule has 0 radical (unpaired) electrons. The smallest absolute Gasteiger partial charge is 0.0979 e. The van der Waals surface area contributed by atoms with E-state index in [9.17, 15) is 0 Å². The van der Waals surface area contributed by atoms with Crippen molar-refractivity contribution in [1.29, 1.82) is 0 Å². The zero-order valence-electron chi connectivity index (χ0n) is 25.1. The first-order valence-corrected chi connectivity index (χ1v) is 16.3. The fourth-order valence-electron chi connectivity index (χ4n) is 6.69. The van der Waals surface area contributed by atoms with Gasteiger partial charge >= 0.3 is 0 Å². The van der Waals surface area contributed by atoms with Crippen LogP contribution in [0.25, 0.3) is 71.1 Å². The molecule has 0 fully saturated rings. The lowest BCUT2D eigenvalue weighted by molar-refractivity contribution is 0.868. The van der Waals surface area contributed by atoms with Crippen LogP contribution in [0.2, 0.25) is 0 Å². The van der Waals surface area contributed by atoms with Gasteiger partial charge in [0.2, 0.25) is 0 Å². The van der Waals surface area contributed by atoms with Crippen LogP contribution in [0.4, 0.5) is 0 Å². The average Bonchev–Trinajstić information content (AvgIpc) is 3.43. The first-order valence-electron chi connectivity index (χ1n) is 15.4. The van der Waals surface area contributed by atoms with Gasteiger partial charge in [-0.3, -0.25) is 4.98 Å². The molecule has 0 saturated heterocycles. The van der Waals surface area contributed by atoms with Gasteiger partial charge in [0.15, 0.2) is 0 Å². The van der Waals surface area contributed by atoms with Gasteiger partial charge in [-0.2, -0.15) is 0 Å². The predicted molar refractivity (Wildman–Crippen MR) is 186 cm³/mol. The third kappa shape index (κ3) is 4.29. The number of fused-ring (bicyclic) bond motifs is 9. The summed E-state index contributed by atoms with van der Waals surface area (Å²) in [6, 6.07) is 29.3. The second-order valence-corrected chi connectivity index (χ2v) is 13.6. The van der Waals surface area contributed by atoms with E-state index >= 15 is 0 Å². The topological polar surface area (TPSA) is 25.8 Å². The quantitative estimate of drug-likeness (QED) is 0.195. The molecule has 43 heavy (non-hydrogen) atoms. The molecule has 1 aliphatic carbocycles. The predicted octanol–water partition coefficient (Wildman–Crippen LogP) is 11.7. The fourth-order valence-corrected chi connectivity index (χ4v) is 8.00. The molecule has 3 heteroatoms. The van der Waals surface area contributed by atoms with E-state index in [1.807, 2.05) is 17.5 Å². The second-order valence-electron chi connectivity index (χ2n) is 12.5. The maximum absolute atomic E-state index is 5.34. The molecule has 210 valence electrons.